The number of aryl methyl sites for hydroxylation is 1. The Bertz CT molecular complexity index is 1370. The molecule has 1 aliphatic heterocycles. The standard InChI is InChI=1S/C25H18BrN3O6/c1-15-2-7-18(8-3-15)28-24(31)20(23(30)27-25(28)32)12-17-6-11-22(21(26)13-17)35-14-16-4-9-19(10-5-16)29(33)34/h2-13H,14H2,1H3,(H,27,30,32)/b20-12+. The Morgan fingerprint density at radius 3 is 2.34 bits per heavy atom. The number of nitrogens with one attached hydrogen (secondary N) is 1. The van der Waals surface area contributed by atoms with Gasteiger partial charge in [0.25, 0.3) is 17.5 Å². The molecule has 35 heavy (non-hydrogen) atoms. The van der Waals surface area contributed by atoms with Crippen LogP contribution in [-0.4, -0.2) is 22.8 Å². The zero-order valence-electron chi connectivity index (χ0n) is 18.4. The molecule has 0 saturated carbocycles. The maximum atomic E-state index is 13.0. The number of nitrogens with zero attached hydrogens (tertiary/aromatic N) is 2. The van der Waals surface area contributed by atoms with Crippen LogP contribution in [0.1, 0.15) is 16.7 Å². The van der Waals surface area contributed by atoms with Crippen LogP contribution in [0.25, 0.3) is 6.08 Å². The average molecular weight is 536 g/mol. The number of hydrogen-bond donors (Lipinski definition) is 1. The van der Waals surface area contributed by atoms with Crippen molar-refractivity contribution in [1.29, 1.82) is 0 Å². The van der Waals surface area contributed by atoms with Crippen LogP contribution in [0.3, 0.4) is 0 Å². The predicted octanol–water partition coefficient (Wildman–Crippen LogP) is 4.91. The average Bonchev–Trinajstić information content (AvgIpc) is 2.82. The molecule has 4 amide bonds. The van der Waals surface area contributed by atoms with Crippen molar-refractivity contribution in [3.05, 3.63) is 104 Å². The van der Waals surface area contributed by atoms with Gasteiger partial charge in [-0.2, -0.15) is 0 Å². The molecular weight excluding hydrogens is 518 g/mol. The van der Waals surface area contributed by atoms with Crippen molar-refractivity contribution in [2.75, 3.05) is 4.90 Å². The van der Waals surface area contributed by atoms with E-state index in [9.17, 15) is 24.5 Å². The molecule has 3 aromatic rings. The first-order valence-electron chi connectivity index (χ1n) is 10.4. The van der Waals surface area contributed by atoms with E-state index in [0.29, 0.717) is 21.5 Å². The lowest BCUT2D eigenvalue weighted by Crippen LogP contribution is -2.54. The number of urea groups is 1. The second-order valence-corrected chi connectivity index (χ2v) is 8.55. The summed E-state index contributed by atoms with van der Waals surface area (Å²) in [4.78, 5) is 49.0. The summed E-state index contributed by atoms with van der Waals surface area (Å²) in [6, 6.07) is 17.0. The van der Waals surface area contributed by atoms with E-state index in [-0.39, 0.29) is 17.9 Å². The normalized spacial score (nSPS) is 14.7. The number of imide groups is 2. The number of halogens is 1. The molecule has 0 radical (unpaired) electrons. The van der Waals surface area contributed by atoms with Gasteiger partial charge in [0.1, 0.15) is 17.9 Å². The largest absolute Gasteiger partial charge is 0.488 e. The quantitative estimate of drug-likeness (QED) is 0.207. The molecule has 3 aromatic carbocycles. The second-order valence-electron chi connectivity index (χ2n) is 7.70. The van der Waals surface area contributed by atoms with E-state index in [1.807, 2.05) is 6.92 Å². The maximum Gasteiger partial charge on any atom is 0.335 e. The number of non-ortho nitro benzene ring substituents is 1. The SMILES string of the molecule is Cc1ccc(N2C(=O)NC(=O)/C(=C\c3ccc(OCc4ccc([N+](=O)[O-])cc4)c(Br)c3)C2=O)cc1. The molecule has 0 atom stereocenters. The lowest BCUT2D eigenvalue weighted by atomic mass is 10.1. The Labute approximate surface area is 208 Å². The Morgan fingerprint density at radius 1 is 1.03 bits per heavy atom. The Hall–Kier alpha value is -4.31. The van der Waals surface area contributed by atoms with E-state index < -0.39 is 22.8 Å². The lowest BCUT2D eigenvalue weighted by Gasteiger charge is -2.26. The van der Waals surface area contributed by atoms with Gasteiger partial charge in [0.2, 0.25) is 0 Å². The molecule has 0 spiro atoms. The third-order valence-electron chi connectivity index (χ3n) is 5.20. The minimum atomic E-state index is -0.808. The van der Waals surface area contributed by atoms with Crippen LogP contribution in [0.2, 0.25) is 0 Å². The van der Waals surface area contributed by atoms with Crippen LogP contribution in [0, 0.1) is 17.0 Å². The molecule has 0 unspecified atom stereocenters. The van der Waals surface area contributed by atoms with Crippen LogP contribution in [-0.2, 0) is 16.2 Å². The zero-order chi connectivity index (χ0) is 25.1. The molecule has 4 rings (SSSR count). The topological polar surface area (TPSA) is 119 Å². The first-order valence-corrected chi connectivity index (χ1v) is 11.2. The highest BCUT2D eigenvalue weighted by Gasteiger charge is 2.36. The van der Waals surface area contributed by atoms with E-state index >= 15 is 0 Å². The molecule has 0 aliphatic carbocycles. The van der Waals surface area contributed by atoms with Gasteiger partial charge in [0.15, 0.2) is 0 Å². The number of benzene rings is 3. The molecule has 9 nitrogen and oxygen atoms in total. The summed E-state index contributed by atoms with van der Waals surface area (Å²) < 4.78 is 6.35. The summed E-state index contributed by atoms with van der Waals surface area (Å²) in [5.74, 6) is -1.00. The Kier molecular flexibility index (Phi) is 6.74. The summed E-state index contributed by atoms with van der Waals surface area (Å²) >= 11 is 3.42. The summed E-state index contributed by atoms with van der Waals surface area (Å²) in [5, 5.41) is 13.0. The van der Waals surface area contributed by atoms with Crippen molar-refractivity contribution in [3.8, 4) is 5.75 Å². The van der Waals surface area contributed by atoms with Gasteiger partial charge in [0, 0.05) is 12.1 Å². The van der Waals surface area contributed by atoms with Crippen molar-refractivity contribution in [1.82, 2.24) is 5.32 Å². The number of amides is 4. The van der Waals surface area contributed by atoms with E-state index in [0.717, 1.165) is 16.0 Å². The number of anilines is 1. The number of rotatable bonds is 6. The van der Waals surface area contributed by atoms with E-state index in [1.54, 1.807) is 54.6 Å². The van der Waals surface area contributed by atoms with Crippen molar-refractivity contribution < 1.29 is 24.0 Å². The van der Waals surface area contributed by atoms with Crippen molar-refractivity contribution in [2.24, 2.45) is 0 Å². The third kappa shape index (κ3) is 5.28. The van der Waals surface area contributed by atoms with Gasteiger partial charge in [-0.1, -0.05) is 23.8 Å². The third-order valence-corrected chi connectivity index (χ3v) is 5.82. The summed E-state index contributed by atoms with van der Waals surface area (Å²) in [6.07, 6.45) is 1.40. The lowest BCUT2D eigenvalue weighted by molar-refractivity contribution is -0.384. The molecule has 1 heterocycles. The second kappa shape index (κ2) is 9.90. The highest BCUT2D eigenvalue weighted by Crippen LogP contribution is 2.29. The van der Waals surface area contributed by atoms with E-state index in [2.05, 4.69) is 21.2 Å². The predicted molar refractivity (Wildman–Crippen MR) is 132 cm³/mol. The minimum absolute atomic E-state index is 0.00346. The van der Waals surface area contributed by atoms with Crippen LogP contribution >= 0.6 is 15.9 Å². The van der Waals surface area contributed by atoms with Crippen molar-refractivity contribution >= 4 is 51.2 Å². The first kappa shape index (κ1) is 23.8. The number of nitro benzene ring substituents is 1. The van der Waals surface area contributed by atoms with Crippen molar-refractivity contribution in [3.63, 3.8) is 0 Å². The van der Waals surface area contributed by atoms with Crippen LogP contribution < -0.4 is 15.0 Å². The summed E-state index contributed by atoms with van der Waals surface area (Å²) in [5.41, 5.74) is 2.42. The Balaban J connectivity index is 1.52. The molecule has 0 aromatic heterocycles. The monoisotopic (exact) mass is 535 g/mol. The molecule has 176 valence electrons. The number of carbonyl (C=O) groups excluding carboxylic acids is 3. The highest BCUT2D eigenvalue weighted by molar-refractivity contribution is 9.10. The molecule has 10 heteroatoms. The Morgan fingerprint density at radius 2 is 1.71 bits per heavy atom. The fourth-order valence-corrected chi connectivity index (χ4v) is 3.86. The van der Waals surface area contributed by atoms with Crippen LogP contribution in [0.5, 0.6) is 5.75 Å². The number of barbiturate groups is 1. The van der Waals surface area contributed by atoms with Gasteiger partial charge < -0.3 is 4.74 Å². The molecule has 1 fully saturated rings. The summed E-state index contributed by atoms with van der Waals surface area (Å²) in [6.45, 7) is 2.07. The van der Waals surface area contributed by atoms with Gasteiger partial charge in [-0.15, -0.1) is 0 Å². The fourth-order valence-electron chi connectivity index (χ4n) is 3.35. The van der Waals surface area contributed by atoms with Gasteiger partial charge in [-0.25, -0.2) is 9.69 Å². The number of hydrogen-bond acceptors (Lipinski definition) is 6. The molecule has 0 bridgehead atoms. The molecule has 1 saturated heterocycles. The smallest absolute Gasteiger partial charge is 0.335 e. The fraction of sp³-hybridized carbons (Fsp3) is 0.0800. The zero-order valence-corrected chi connectivity index (χ0v) is 19.9. The number of carbonyl (C=O) groups is 3. The minimum Gasteiger partial charge on any atom is -0.488 e. The van der Waals surface area contributed by atoms with Gasteiger partial charge in [-0.05, 0) is 76.5 Å². The van der Waals surface area contributed by atoms with Crippen LogP contribution in [0.15, 0.2) is 76.8 Å². The number of nitro groups is 1. The summed E-state index contributed by atoms with van der Waals surface area (Å²) in [7, 11) is 0. The highest BCUT2D eigenvalue weighted by atomic mass is 79.9. The molecule has 1 N–H and O–H groups in total. The van der Waals surface area contributed by atoms with E-state index in [1.165, 1.54) is 18.2 Å². The maximum absolute atomic E-state index is 13.0. The van der Waals surface area contributed by atoms with Gasteiger partial charge in [-0.3, -0.25) is 25.0 Å². The molecular formula is C25H18BrN3O6. The van der Waals surface area contributed by atoms with Gasteiger partial charge >= 0.3 is 6.03 Å². The van der Waals surface area contributed by atoms with E-state index in [4.69, 9.17) is 4.74 Å². The molecule has 1 aliphatic rings. The number of ether oxygens (including phenoxy) is 1. The van der Waals surface area contributed by atoms with Crippen LogP contribution in [0.4, 0.5) is 16.2 Å². The van der Waals surface area contributed by atoms with Gasteiger partial charge in [0.05, 0.1) is 15.1 Å². The van der Waals surface area contributed by atoms with Crippen molar-refractivity contribution in [2.45, 2.75) is 13.5 Å². The first-order chi connectivity index (χ1) is 16.7.